The second-order valence-corrected chi connectivity index (χ2v) is 7.64. The molecule has 2 fully saturated rings. The van der Waals surface area contributed by atoms with Crippen molar-refractivity contribution in [2.45, 2.75) is 44.0 Å². The lowest BCUT2D eigenvalue weighted by molar-refractivity contribution is -0.173. The van der Waals surface area contributed by atoms with Gasteiger partial charge >= 0.3 is 5.97 Å². The minimum absolute atomic E-state index is 0.125. The monoisotopic (exact) mass is 372 g/mol. The van der Waals surface area contributed by atoms with Gasteiger partial charge in [-0.05, 0) is 49.0 Å². The normalized spacial score (nSPS) is 34.4. The first-order valence-corrected chi connectivity index (χ1v) is 9.78. The number of benzene rings is 1. The molecule has 5 rings (SSSR count). The maximum atomic E-state index is 11.9. The van der Waals surface area contributed by atoms with Crippen LogP contribution in [0.15, 0.2) is 30.4 Å². The van der Waals surface area contributed by atoms with Crippen molar-refractivity contribution in [3.05, 3.63) is 35.9 Å². The Hall–Kier alpha value is -2.05. The van der Waals surface area contributed by atoms with Crippen molar-refractivity contribution >= 4 is 5.97 Å². The molecule has 0 spiro atoms. The number of hydrogen-bond donors (Lipinski definition) is 0. The summed E-state index contributed by atoms with van der Waals surface area (Å²) in [6.07, 6.45) is 7.48. The Morgan fingerprint density at radius 2 is 2.04 bits per heavy atom. The molecule has 0 radical (unpaired) electrons. The molecule has 3 aliphatic heterocycles. The van der Waals surface area contributed by atoms with Gasteiger partial charge < -0.3 is 23.7 Å². The lowest BCUT2D eigenvalue weighted by Gasteiger charge is -2.36. The Balaban J connectivity index is 1.39. The lowest BCUT2D eigenvalue weighted by Crippen LogP contribution is -2.36. The molecule has 6 heteroatoms. The SMILES string of the molecule is O=C1C[C@H]2[C@@H](COC3CCCCO3)[C@H](c3ccc4c(c3)OCO4)C=C[C@H]2O1. The molecule has 1 unspecified atom stereocenters. The van der Waals surface area contributed by atoms with E-state index >= 15 is 0 Å². The van der Waals surface area contributed by atoms with Crippen molar-refractivity contribution in [2.75, 3.05) is 20.0 Å². The van der Waals surface area contributed by atoms with Gasteiger partial charge in [0.25, 0.3) is 0 Å². The van der Waals surface area contributed by atoms with E-state index in [1.807, 2.05) is 18.2 Å². The summed E-state index contributed by atoms with van der Waals surface area (Å²) in [5, 5.41) is 0. The molecule has 2 saturated heterocycles. The molecular weight excluding hydrogens is 348 g/mol. The van der Waals surface area contributed by atoms with Gasteiger partial charge in [0.2, 0.25) is 6.79 Å². The molecule has 4 aliphatic rings. The molecule has 0 aromatic heterocycles. The van der Waals surface area contributed by atoms with Gasteiger partial charge in [0.1, 0.15) is 6.10 Å². The maximum absolute atomic E-state index is 11.9. The molecule has 0 amide bonds. The van der Waals surface area contributed by atoms with Crippen molar-refractivity contribution < 1.29 is 28.5 Å². The first kappa shape index (κ1) is 17.1. The van der Waals surface area contributed by atoms with Crippen LogP contribution in [0.2, 0.25) is 0 Å². The number of allylic oxidation sites excluding steroid dienone is 1. The van der Waals surface area contributed by atoms with Crippen molar-refractivity contribution in [1.29, 1.82) is 0 Å². The molecule has 5 atom stereocenters. The van der Waals surface area contributed by atoms with Crippen LogP contribution in [0.5, 0.6) is 11.5 Å². The fraction of sp³-hybridized carbons (Fsp3) is 0.571. The van der Waals surface area contributed by atoms with Crippen LogP contribution >= 0.6 is 0 Å². The largest absolute Gasteiger partial charge is 0.458 e. The Kier molecular flexibility index (Phi) is 4.53. The van der Waals surface area contributed by atoms with Crippen LogP contribution in [-0.4, -0.2) is 38.4 Å². The predicted octanol–water partition coefficient (Wildman–Crippen LogP) is 3.16. The van der Waals surface area contributed by atoms with Gasteiger partial charge in [-0.15, -0.1) is 0 Å². The van der Waals surface area contributed by atoms with Crippen LogP contribution in [0, 0.1) is 11.8 Å². The van der Waals surface area contributed by atoms with E-state index in [-0.39, 0.29) is 42.9 Å². The van der Waals surface area contributed by atoms with E-state index < -0.39 is 0 Å². The van der Waals surface area contributed by atoms with Gasteiger partial charge in [-0.25, -0.2) is 0 Å². The van der Waals surface area contributed by atoms with E-state index in [0.717, 1.165) is 42.9 Å². The number of carbonyl (C=O) groups is 1. The zero-order chi connectivity index (χ0) is 18.2. The quantitative estimate of drug-likeness (QED) is 0.598. The van der Waals surface area contributed by atoms with Crippen LogP contribution in [0.4, 0.5) is 0 Å². The molecule has 0 N–H and O–H groups in total. The van der Waals surface area contributed by atoms with Gasteiger partial charge in [-0.2, -0.15) is 0 Å². The molecule has 3 heterocycles. The second kappa shape index (κ2) is 7.17. The van der Waals surface area contributed by atoms with Gasteiger partial charge in [-0.3, -0.25) is 4.79 Å². The summed E-state index contributed by atoms with van der Waals surface area (Å²) in [4.78, 5) is 11.9. The van der Waals surface area contributed by atoms with E-state index in [9.17, 15) is 4.79 Å². The fourth-order valence-electron chi connectivity index (χ4n) is 4.58. The molecule has 27 heavy (non-hydrogen) atoms. The van der Waals surface area contributed by atoms with E-state index in [2.05, 4.69) is 12.1 Å². The third-order valence-corrected chi connectivity index (χ3v) is 6.01. The Labute approximate surface area is 158 Å². The van der Waals surface area contributed by atoms with E-state index in [1.54, 1.807) is 0 Å². The Bertz CT molecular complexity index is 738. The number of ether oxygens (including phenoxy) is 5. The van der Waals surface area contributed by atoms with Crippen LogP contribution in [0.25, 0.3) is 0 Å². The highest BCUT2D eigenvalue weighted by Gasteiger charge is 2.45. The zero-order valence-electron chi connectivity index (χ0n) is 15.2. The van der Waals surface area contributed by atoms with Gasteiger partial charge in [0, 0.05) is 18.4 Å². The highest BCUT2D eigenvalue weighted by atomic mass is 16.7. The Morgan fingerprint density at radius 1 is 1.11 bits per heavy atom. The zero-order valence-corrected chi connectivity index (χ0v) is 15.2. The Morgan fingerprint density at radius 3 is 2.93 bits per heavy atom. The molecule has 0 bridgehead atoms. The lowest BCUT2D eigenvalue weighted by atomic mass is 9.71. The average molecular weight is 372 g/mol. The summed E-state index contributed by atoms with van der Waals surface area (Å²) in [6.45, 7) is 1.57. The van der Waals surface area contributed by atoms with Gasteiger partial charge in [0.15, 0.2) is 17.8 Å². The van der Waals surface area contributed by atoms with Gasteiger partial charge in [-0.1, -0.05) is 12.1 Å². The summed E-state index contributed by atoms with van der Waals surface area (Å²) < 4.78 is 28.3. The number of carbonyl (C=O) groups excluding carboxylic acids is 1. The maximum Gasteiger partial charge on any atom is 0.306 e. The highest BCUT2D eigenvalue weighted by molar-refractivity contribution is 5.72. The molecular formula is C21H24O6. The smallest absolute Gasteiger partial charge is 0.306 e. The van der Waals surface area contributed by atoms with Crippen LogP contribution < -0.4 is 9.47 Å². The minimum Gasteiger partial charge on any atom is -0.458 e. The first-order chi connectivity index (χ1) is 13.3. The summed E-state index contributed by atoms with van der Waals surface area (Å²) in [6, 6.07) is 6.07. The molecule has 1 aromatic carbocycles. The minimum atomic E-state index is -0.149. The standard InChI is InChI=1S/C21H24O6/c22-20-10-15-16(11-24-21-3-1-2-8-23-21)14(5-7-17(15)27-20)13-4-6-18-19(9-13)26-12-25-18/h4-7,9,14-17,21H,1-3,8,10-12H2/t14-,15-,16-,17+,21?/m0/s1. The molecule has 144 valence electrons. The average Bonchev–Trinajstić information content (AvgIpc) is 3.31. The molecule has 1 aromatic rings. The third-order valence-electron chi connectivity index (χ3n) is 6.01. The summed E-state index contributed by atoms with van der Waals surface area (Å²) >= 11 is 0. The summed E-state index contributed by atoms with van der Waals surface area (Å²) in [5.74, 6) is 1.84. The summed E-state index contributed by atoms with van der Waals surface area (Å²) in [5.41, 5.74) is 1.14. The van der Waals surface area contributed by atoms with Crippen molar-refractivity contribution in [2.24, 2.45) is 11.8 Å². The summed E-state index contributed by atoms with van der Waals surface area (Å²) in [7, 11) is 0. The van der Waals surface area contributed by atoms with Gasteiger partial charge in [0.05, 0.1) is 13.0 Å². The molecule has 0 saturated carbocycles. The predicted molar refractivity (Wildman–Crippen MR) is 95.5 cm³/mol. The number of fused-ring (bicyclic) bond motifs is 2. The van der Waals surface area contributed by atoms with Crippen molar-refractivity contribution in [1.82, 2.24) is 0 Å². The fourth-order valence-corrected chi connectivity index (χ4v) is 4.58. The molecule has 1 aliphatic carbocycles. The second-order valence-electron chi connectivity index (χ2n) is 7.64. The van der Waals surface area contributed by atoms with Crippen molar-refractivity contribution in [3.63, 3.8) is 0 Å². The van der Waals surface area contributed by atoms with E-state index in [1.165, 1.54) is 0 Å². The van der Waals surface area contributed by atoms with E-state index in [0.29, 0.717) is 13.0 Å². The van der Waals surface area contributed by atoms with Crippen molar-refractivity contribution in [3.8, 4) is 11.5 Å². The third kappa shape index (κ3) is 3.32. The number of rotatable bonds is 4. The molecule has 6 nitrogen and oxygen atoms in total. The number of esters is 1. The topological polar surface area (TPSA) is 63.2 Å². The van der Waals surface area contributed by atoms with E-state index in [4.69, 9.17) is 23.7 Å². The highest BCUT2D eigenvalue weighted by Crippen LogP contribution is 2.45. The van der Waals surface area contributed by atoms with Crippen LogP contribution in [0.1, 0.15) is 37.2 Å². The first-order valence-electron chi connectivity index (χ1n) is 9.78. The van der Waals surface area contributed by atoms with Crippen LogP contribution in [0.3, 0.4) is 0 Å². The van der Waals surface area contributed by atoms with Crippen LogP contribution in [-0.2, 0) is 19.0 Å². The number of hydrogen-bond acceptors (Lipinski definition) is 6.